The molecule has 4 rings (SSSR count). The summed E-state index contributed by atoms with van der Waals surface area (Å²) < 4.78 is 19.7. The number of rotatable bonds is 5. The second kappa shape index (κ2) is 9.48. The lowest BCUT2D eigenvalue weighted by molar-refractivity contribution is 0.102. The summed E-state index contributed by atoms with van der Waals surface area (Å²) in [4.78, 5) is 24.1. The number of benzene rings is 2. The average molecular weight is 454 g/mol. The van der Waals surface area contributed by atoms with Crippen molar-refractivity contribution in [2.75, 3.05) is 36.1 Å². The first-order chi connectivity index (χ1) is 15.9. The first kappa shape index (κ1) is 22.6. The van der Waals surface area contributed by atoms with Crippen molar-refractivity contribution in [3.63, 3.8) is 0 Å². The van der Waals surface area contributed by atoms with E-state index in [9.17, 15) is 14.3 Å². The number of hydrogen-bond donors (Lipinski definition) is 3. The molecule has 8 nitrogen and oxygen atoms in total. The van der Waals surface area contributed by atoms with Crippen LogP contribution in [0.3, 0.4) is 0 Å². The molecule has 1 aromatic heterocycles. The maximum Gasteiger partial charge on any atom is 0.320 e. The third-order valence-electron chi connectivity index (χ3n) is 5.97. The van der Waals surface area contributed by atoms with Gasteiger partial charge in [0.05, 0.1) is 12.8 Å². The van der Waals surface area contributed by atoms with Crippen molar-refractivity contribution in [2.24, 2.45) is 0 Å². The molecule has 1 saturated heterocycles. The summed E-state index contributed by atoms with van der Waals surface area (Å²) in [5.74, 6) is -0.551. The molecule has 0 spiro atoms. The summed E-state index contributed by atoms with van der Waals surface area (Å²) in [6.45, 7) is 3.31. The molecule has 1 fully saturated rings. The number of aryl methyl sites for hydroxylation is 1. The summed E-state index contributed by atoms with van der Waals surface area (Å²) in [5.41, 5.74) is 7.07. The van der Waals surface area contributed by atoms with Gasteiger partial charge >= 0.3 is 6.01 Å². The van der Waals surface area contributed by atoms with Crippen molar-refractivity contribution >= 4 is 34.0 Å². The SMILES string of the molecule is CCc1c(F)ccc2cc(O)cc(NC(=O)c3c(N)nc(OC)nc3N3CCCCCC3)c12. The molecule has 1 aliphatic rings. The Balaban J connectivity index is 1.81. The van der Waals surface area contributed by atoms with Crippen LogP contribution >= 0.6 is 0 Å². The first-order valence-electron chi connectivity index (χ1n) is 11.1. The van der Waals surface area contributed by atoms with Gasteiger partial charge in [-0.3, -0.25) is 4.79 Å². The molecule has 1 aliphatic heterocycles. The summed E-state index contributed by atoms with van der Waals surface area (Å²) in [7, 11) is 1.44. The number of amides is 1. The molecule has 0 radical (unpaired) electrons. The smallest absolute Gasteiger partial charge is 0.320 e. The van der Waals surface area contributed by atoms with Gasteiger partial charge in [0.2, 0.25) is 0 Å². The fourth-order valence-electron chi connectivity index (χ4n) is 4.39. The van der Waals surface area contributed by atoms with Gasteiger partial charge in [-0.05, 0) is 42.3 Å². The summed E-state index contributed by atoms with van der Waals surface area (Å²) in [5, 5.41) is 14.2. The molecular formula is C24H28FN5O3. The van der Waals surface area contributed by atoms with Crippen LogP contribution in [-0.4, -0.2) is 41.2 Å². The van der Waals surface area contributed by atoms with Gasteiger partial charge in [0, 0.05) is 24.5 Å². The standard InChI is InChI=1S/C24H28FN5O3/c1-3-16-17(25)9-8-14-12-15(31)13-18(19(14)16)27-23(32)20-21(26)28-24(33-2)29-22(20)30-10-6-4-5-7-11-30/h8-9,12-13,31H,3-7,10-11H2,1-2H3,(H,27,32)(H2,26,28,29). The molecular weight excluding hydrogens is 425 g/mol. The highest BCUT2D eigenvalue weighted by molar-refractivity contribution is 6.14. The lowest BCUT2D eigenvalue weighted by Crippen LogP contribution is -2.29. The van der Waals surface area contributed by atoms with Crippen molar-refractivity contribution in [1.29, 1.82) is 0 Å². The number of ether oxygens (including phenoxy) is 1. The highest BCUT2D eigenvalue weighted by Crippen LogP contribution is 2.35. The number of carbonyl (C=O) groups excluding carboxylic acids is 1. The van der Waals surface area contributed by atoms with Crippen LogP contribution in [0.4, 0.5) is 21.7 Å². The number of aromatic nitrogens is 2. The van der Waals surface area contributed by atoms with E-state index >= 15 is 0 Å². The van der Waals surface area contributed by atoms with E-state index in [2.05, 4.69) is 15.3 Å². The molecule has 0 bridgehead atoms. The van der Waals surface area contributed by atoms with Gasteiger partial charge in [-0.1, -0.05) is 25.8 Å². The molecule has 0 atom stereocenters. The quantitative estimate of drug-likeness (QED) is 0.529. The van der Waals surface area contributed by atoms with Gasteiger partial charge in [0.1, 0.15) is 22.9 Å². The third-order valence-corrected chi connectivity index (χ3v) is 5.97. The van der Waals surface area contributed by atoms with Crippen LogP contribution in [0.25, 0.3) is 10.8 Å². The number of halogens is 1. The van der Waals surface area contributed by atoms with Gasteiger partial charge in [-0.2, -0.15) is 9.97 Å². The molecule has 2 aromatic carbocycles. The van der Waals surface area contributed by atoms with Crippen LogP contribution < -0.4 is 20.7 Å². The Morgan fingerprint density at radius 2 is 1.94 bits per heavy atom. The van der Waals surface area contributed by atoms with Gasteiger partial charge < -0.3 is 25.8 Å². The fraction of sp³-hybridized carbons (Fsp3) is 0.375. The number of fused-ring (bicyclic) bond motifs is 1. The molecule has 0 saturated carbocycles. The topological polar surface area (TPSA) is 114 Å². The summed E-state index contributed by atoms with van der Waals surface area (Å²) in [6, 6.07) is 5.97. The number of phenols is 1. The van der Waals surface area contributed by atoms with Crippen molar-refractivity contribution in [2.45, 2.75) is 39.0 Å². The van der Waals surface area contributed by atoms with E-state index in [1.807, 2.05) is 11.8 Å². The number of carbonyl (C=O) groups is 1. The van der Waals surface area contributed by atoms with Crippen molar-refractivity contribution in [3.05, 3.63) is 41.2 Å². The number of nitrogens with two attached hydrogens (primary N) is 1. The zero-order valence-corrected chi connectivity index (χ0v) is 18.8. The number of methoxy groups -OCH3 is 1. The minimum atomic E-state index is -0.535. The summed E-state index contributed by atoms with van der Waals surface area (Å²) >= 11 is 0. The predicted molar refractivity (Wildman–Crippen MR) is 127 cm³/mol. The Morgan fingerprint density at radius 3 is 2.61 bits per heavy atom. The monoisotopic (exact) mass is 453 g/mol. The van der Waals surface area contributed by atoms with Crippen LogP contribution in [0.1, 0.15) is 48.5 Å². The van der Waals surface area contributed by atoms with Crippen LogP contribution in [0, 0.1) is 5.82 Å². The second-order valence-corrected chi connectivity index (χ2v) is 8.12. The number of nitrogens with one attached hydrogen (secondary N) is 1. The van der Waals surface area contributed by atoms with Gasteiger partial charge in [-0.15, -0.1) is 0 Å². The van der Waals surface area contributed by atoms with E-state index in [4.69, 9.17) is 10.5 Å². The number of phenolic OH excluding ortho intramolecular Hbond substituents is 1. The van der Waals surface area contributed by atoms with E-state index in [0.717, 1.165) is 38.8 Å². The average Bonchev–Trinajstić information content (AvgIpc) is 3.08. The molecule has 4 N–H and O–H groups in total. The Labute approximate surface area is 191 Å². The maximum atomic E-state index is 14.5. The molecule has 1 amide bonds. The molecule has 9 heteroatoms. The number of anilines is 3. The number of hydrogen-bond acceptors (Lipinski definition) is 7. The normalized spacial score (nSPS) is 14.2. The van der Waals surface area contributed by atoms with Crippen molar-refractivity contribution in [1.82, 2.24) is 9.97 Å². The molecule has 0 unspecified atom stereocenters. The van der Waals surface area contributed by atoms with Crippen LogP contribution in [0.5, 0.6) is 11.8 Å². The minimum Gasteiger partial charge on any atom is -0.508 e. The third kappa shape index (κ3) is 4.48. The molecule has 0 aliphatic carbocycles. The molecule has 174 valence electrons. The highest BCUT2D eigenvalue weighted by Gasteiger charge is 2.26. The maximum absolute atomic E-state index is 14.5. The van der Waals surface area contributed by atoms with Crippen LogP contribution in [-0.2, 0) is 6.42 Å². The zero-order chi connectivity index (χ0) is 23.5. The Hall–Kier alpha value is -3.62. The summed E-state index contributed by atoms with van der Waals surface area (Å²) in [6.07, 6.45) is 4.59. The Bertz CT molecular complexity index is 1190. The van der Waals surface area contributed by atoms with Crippen LogP contribution in [0.15, 0.2) is 24.3 Å². The van der Waals surface area contributed by atoms with E-state index in [0.29, 0.717) is 34.3 Å². The Morgan fingerprint density at radius 1 is 1.21 bits per heavy atom. The van der Waals surface area contributed by atoms with E-state index < -0.39 is 5.91 Å². The second-order valence-electron chi connectivity index (χ2n) is 8.12. The molecule has 2 heterocycles. The number of nitrogens with zero attached hydrogens (tertiary/aromatic N) is 3. The van der Waals surface area contributed by atoms with E-state index in [1.165, 1.54) is 25.3 Å². The predicted octanol–water partition coefficient (Wildman–Crippen LogP) is 4.26. The number of nitrogen functional groups attached to an aromatic ring is 1. The lowest BCUT2D eigenvalue weighted by Gasteiger charge is -2.24. The van der Waals surface area contributed by atoms with Crippen molar-refractivity contribution < 1.29 is 19.0 Å². The zero-order valence-electron chi connectivity index (χ0n) is 18.8. The number of aromatic hydroxyl groups is 1. The lowest BCUT2D eigenvalue weighted by atomic mass is 9.99. The van der Waals surface area contributed by atoms with Gasteiger partial charge in [0.15, 0.2) is 5.82 Å². The van der Waals surface area contributed by atoms with Gasteiger partial charge in [-0.25, -0.2) is 4.39 Å². The minimum absolute atomic E-state index is 0.00930. The van der Waals surface area contributed by atoms with Crippen molar-refractivity contribution in [3.8, 4) is 11.8 Å². The first-order valence-corrected chi connectivity index (χ1v) is 11.1. The highest BCUT2D eigenvalue weighted by atomic mass is 19.1. The van der Waals surface area contributed by atoms with Crippen LogP contribution in [0.2, 0.25) is 0 Å². The van der Waals surface area contributed by atoms with E-state index in [-0.39, 0.29) is 29.0 Å². The van der Waals surface area contributed by atoms with E-state index in [1.54, 1.807) is 6.07 Å². The molecule has 3 aromatic rings. The largest absolute Gasteiger partial charge is 0.508 e. The fourth-order valence-corrected chi connectivity index (χ4v) is 4.39. The molecule has 33 heavy (non-hydrogen) atoms. The van der Waals surface area contributed by atoms with Gasteiger partial charge in [0.25, 0.3) is 5.91 Å². The Kier molecular flexibility index (Phi) is 6.48.